The molecule has 1 fully saturated rings. The molecule has 56 heavy (non-hydrogen) atoms. The quantitative estimate of drug-likeness (QED) is 0.0603. The number of nitrogens with one attached hydrogen (secondary N) is 1. The molecule has 2 aliphatic carbocycles. The fourth-order valence-corrected chi connectivity index (χ4v) is 9.38. The molecule has 5 rings (SSSR count). The van der Waals surface area contributed by atoms with Crippen molar-refractivity contribution >= 4 is 50.8 Å². The van der Waals surface area contributed by atoms with Crippen LogP contribution in [0.5, 0.6) is 17.2 Å². The number of amides is 1. The normalized spacial score (nSPS) is 24.1. The van der Waals surface area contributed by atoms with Gasteiger partial charge in [-0.1, -0.05) is 53.0 Å². The van der Waals surface area contributed by atoms with Gasteiger partial charge in [-0.2, -0.15) is 0 Å². The molecule has 15 nitrogen and oxygen atoms in total. The molecule has 2 aromatic rings. The summed E-state index contributed by atoms with van der Waals surface area (Å²) in [5, 5.41) is 58.1. The van der Waals surface area contributed by atoms with Crippen LogP contribution >= 0.6 is 21.6 Å². The van der Waals surface area contributed by atoms with Crippen LogP contribution in [0.3, 0.4) is 0 Å². The number of unbranched alkanes of at least 4 members (excludes halogenated alkanes) is 4. The van der Waals surface area contributed by atoms with Crippen molar-refractivity contribution in [1.82, 2.24) is 5.32 Å². The number of fused-ring (bicyclic) bond motifs is 3. The van der Waals surface area contributed by atoms with Crippen molar-refractivity contribution in [2.75, 3.05) is 31.8 Å². The van der Waals surface area contributed by atoms with Gasteiger partial charge in [-0.05, 0) is 32.8 Å². The third-order valence-electron chi connectivity index (χ3n) is 10.3. The Balaban J connectivity index is 1.26. The summed E-state index contributed by atoms with van der Waals surface area (Å²) in [4.78, 5) is 64.3. The lowest BCUT2D eigenvalue weighted by Gasteiger charge is -2.42. The zero-order valence-corrected chi connectivity index (χ0v) is 33.2. The predicted octanol–water partition coefficient (Wildman–Crippen LogP) is 4.08. The van der Waals surface area contributed by atoms with Crippen LogP contribution in [0.2, 0.25) is 0 Å². The Labute approximate surface area is 332 Å². The van der Waals surface area contributed by atoms with Gasteiger partial charge in [0.2, 0.25) is 5.78 Å². The van der Waals surface area contributed by atoms with Gasteiger partial charge in [0.25, 0.3) is 0 Å². The molecule has 0 saturated carbocycles. The van der Waals surface area contributed by atoms with Crippen LogP contribution in [0.1, 0.15) is 114 Å². The number of aliphatic hydroxyl groups is 3. The summed E-state index contributed by atoms with van der Waals surface area (Å²) in [6.45, 7) is 2.19. The lowest BCUT2D eigenvalue weighted by Crippen LogP contribution is -2.56. The minimum atomic E-state index is -2.33. The lowest BCUT2D eigenvalue weighted by molar-refractivity contribution is -0.249. The fraction of sp³-hybridized carbons (Fsp3) is 0.564. The van der Waals surface area contributed by atoms with Crippen molar-refractivity contribution in [3.63, 3.8) is 0 Å². The van der Waals surface area contributed by atoms with E-state index in [2.05, 4.69) is 5.32 Å². The highest BCUT2D eigenvalue weighted by Crippen LogP contribution is 2.52. The Bertz CT molecular complexity index is 1820. The Kier molecular flexibility index (Phi) is 14.9. The number of alkyl carbamates (subject to hydrolysis) is 1. The number of phenolic OH excluding ortho intramolecular Hbond substituents is 2. The first-order chi connectivity index (χ1) is 26.7. The summed E-state index contributed by atoms with van der Waals surface area (Å²) in [5.74, 6) is -2.32. The summed E-state index contributed by atoms with van der Waals surface area (Å²) < 4.78 is 22.8. The van der Waals surface area contributed by atoms with Gasteiger partial charge in [-0.25, -0.2) is 4.79 Å². The van der Waals surface area contributed by atoms with Crippen LogP contribution in [0.4, 0.5) is 4.79 Å². The second-order valence-electron chi connectivity index (χ2n) is 14.2. The number of hydrogen-bond acceptors (Lipinski definition) is 16. The third kappa shape index (κ3) is 9.52. The number of methoxy groups -OCH3 is 1. The van der Waals surface area contributed by atoms with Gasteiger partial charge >= 0.3 is 6.09 Å². The molecule has 0 unspecified atom stereocenters. The second kappa shape index (κ2) is 19.2. The van der Waals surface area contributed by atoms with Crippen LogP contribution < -0.4 is 10.1 Å². The van der Waals surface area contributed by atoms with Crippen molar-refractivity contribution < 1.29 is 68.5 Å². The van der Waals surface area contributed by atoms with E-state index in [0.29, 0.717) is 12.2 Å². The highest BCUT2D eigenvalue weighted by molar-refractivity contribution is 8.76. The number of carbonyl (C=O) groups excluding carboxylic acids is 5. The summed E-state index contributed by atoms with van der Waals surface area (Å²) in [6, 6.07) is 3.39. The fourth-order valence-electron chi connectivity index (χ4n) is 7.40. The zero-order valence-electron chi connectivity index (χ0n) is 31.5. The summed E-state index contributed by atoms with van der Waals surface area (Å²) >= 11 is 0. The van der Waals surface area contributed by atoms with Crippen molar-refractivity contribution in [2.24, 2.45) is 0 Å². The molecule has 0 aromatic heterocycles. The van der Waals surface area contributed by atoms with Gasteiger partial charge in [0, 0.05) is 53.9 Å². The topological polar surface area (TPSA) is 235 Å². The zero-order chi connectivity index (χ0) is 40.7. The van der Waals surface area contributed by atoms with Crippen LogP contribution in [0, 0.1) is 0 Å². The number of Topliss-reactive ketones (excluding diaryl/α,β-unsaturated/α-hetero) is 2. The number of carbonyl (C=O) groups is 5. The molecule has 1 amide bonds. The molecule has 1 aliphatic heterocycles. The Morgan fingerprint density at radius 2 is 1.68 bits per heavy atom. The van der Waals surface area contributed by atoms with Gasteiger partial charge < -0.3 is 54.6 Å². The van der Waals surface area contributed by atoms with Crippen molar-refractivity contribution in [1.29, 1.82) is 0 Å². The first kappa shape index (κ1) is 43.4. The molecule has 0 spiro atoms. The van der Waals surface area contributed by atoms with Crippen LogP contribution in [0.25, 0.3) is 0 Å². The number of benzene rings is 2. The van der Waals surface area contributed by atoms with E-state index in [4.69, 9.17) is 18.9 Å². The van der Waals surface area contributed by atoms with E-state index in [9.17, 15) is 49.5 Å². The van der Waals surface area contributed by atoms with Crippen molar-refractivity contribution in [3.05, 3.63) is 51.6 Å². The van der Waals surface area contributed by atoms with E-state index in [1.54, 1.807) is 28.5 Å². The minimum Gasteiger partial charge on any atom is -0.507 e. The van der Waals surface area contributed by atoms with Crippen molar-refractivity contribution in [3.8, 4) is 17.2 Å². The smallest absolute Gasteiger partial charge is 0.407 e. The Hall–Kier alpha value is -3.71. The maximum atomic E-state index is 13.9. The monoisotopic (exact) mass is 819 g/mol. The molecule has 2 aromatic carbocycles. The largest absolute Gasteiger partial charge is 0.507 e. The summed E-state index contributed by atoms with van der Waals surface area (Å²) in [7, 11) is 4.57. The van der Waals surface area contributed by atoms with Crippen molar-refractivity contribution in [2.45, 2.75) is 108 Å². The standard InChI is InChI=1S/C39H49NO14S2/c1-20(42)10-7-5-4-6-8-14-55-56-15-13-52-38(49)40-24-16-28(53-21(2)33(24)44)54-26-18-39(50,27(43)19-41)17-23-30(26)37(48)32-31(35(23)46)34(45)22-11-9-12-25(51-3)29(22)36(32)47/h9,11-12,21,24,26,28,33,41,44,46,48,50H,4-8,10,13-19H2,1-3H3,(H,40,49)/t21-,24-,26-,28-,33+,39-/m0/s1. The molecular formula is C39H49NO14S2. The molecule has 3 aliphatic rings. The average Bonchev–Trinajstić information content (AvgIpc) is 3.16. The van der Waals surface area contributed by atoms with Crippen LogP contribution in [0.15, 0.2) is 18.2 Å². The molecule has 17 heteroatoms. The Morgan fingerprint density at radius 1 is 0.982 bits per heavy atom. The highest BCUT2D eigenvalue weighted by atomic mass is 33.1. The van der Waals surface area contributed by atoms with Gasteiger partial charge in [0.1, 0.15) is 48.0 Å². The van der Waals surface area contributed by atoms with Crippen LogP contribution in [-0.4, -0.2) is 117 Å². The van der Waals surface area contributed by atoms with Crippen LogP contribution in [-0.2, 0) is 30.2 Å². The minimum absolute atomic E-state index is 0.0670. The van der Waals surface area contributed by atoms with Gasteiger partial charge in [-0.15, -0.1) is 0 Å². The predicted molar refractivity (Wildman–Crippen MR) is 205 cm³/mol. The van der Waals surface area contributed by atoms with E-state index in [0.717, 1.165) is 37.9 Å². The molecular weight excluding hydrogens is 771 g/mol. The van der Waals surface area contributed by atoms with Gasteiger partial charge in [0.15, 0.2) is 17.9 Å². The summed E-state index contributed by atoms with van der Waals surface area (Å²) in [6.07, 6.45) is -1.07. The first-order valence-electron chi connectivity index (χ1n) is 18.6. The van der Waals surface area contributed by atoms with E-state index in [-0.39, 0.29) is 46.8 Å². The maximum absolute atomic E-state index is 13.9. The number of aliphatic hydroxyl groups excluding tert-OH is 2. The van der Waals surface area contributed by atoms with E-state index >= 15 is 0 Å². The first-order valence-corrected chi connectivity index (χ1v) is 21.1. The molecule has 0 radical (unpaired) electrons. The lowest BCUT2D eigenvalue weighted by atomic mass is 9.72. The molecule has 1 heterocycles. The number of phenols is 2. The number of ketones is 4. The molecule has 6 N–H and O–H groups in total. The molecule has 0 bridgehead atoms. The number of aromatic hydroxyl groups is 2. The molecule has 6 atom stereocenters. The highest BCUT2D eigenvalue weighted by Gasteiger charge is 2.50. The summed E-state index contributed by atoms with van der Waals surface area (Å²) in [5.41, 5.74) is -3.99. The van der Waals surface area contributed by atoms with E-state index in [1.807, 2.05) is 0 Å². The molecule has 1 saturated heterocycles. The van der Waals surface area contributed by atoms with Gasteiger partial charge in [-0.3, -0.25) is 14.4 Å². The number of ether oxygens (including phenoxy) is 4. The number of rotatable bonds is 18. The second-order valence-corrected chi connectivity index (χ2v) is 16.9. The number of hydrogen-bond donors (Lipinski definition) is 6. The molecule has 306 valence electrons. The van der Waals surface area contributed by atoms with Gasteiger partial charge in [0.05, 0.1) is 42.0 Å². The maximum Gasteiger partial charge on any atom is 0.407 e. The third-order valence-corrected chi connectivity index (χ3v) is 12.8. The van der Waals surface area contributed by atoms with E-state index in [1.165, 1.54) is 32.2 Å². The van der Waals surface area contributed by atoms with E-state index < -0.39 is 102 Å². The Morgan fingerprint density at radius 3 is 2.39 bits per heavy atom. The SMILES string of the molecule is COc1cccc2c1C(=O)c1c(O)c3c(c(O)c1C2=O)C[C@@](O)(C(=O)CO)C[C@@H]3O[C@H]1C[C@H](NC(=O)OCCSSCCCCCCCC(C)=O)[C@H](O)[C@H](C)O1. The average molecular weight is 820 g/mol.